The highest BCUT2D eigenvalue weighted by Gasteiger charge is 2.29. The number of aromatic nitrogens is 1. The molecule has 1 fully saturated rings. The number of phenols is 1. The lowest BCUT2D eigenvalue weighted by Crippen LogP contribution is -2.43. The van der Waals surface area contributed by atoms with Crippen LogP contribution in [0.4, 0.5) is 0 Å². The van der Waals surface area contributed by atoms with Crippen LogP contribution in [0.5, 0.6) is 5.75 Å². The van der Waals surface area contributed by atoms with Crippen molar-refractivity contribution in [3.63, 3.8) is 0 Å². The minimum Gasteiger partial charge on any atom is -0.508 e. The van der Waals surface area contributed by atoms with E-state index in [1.165, 1.54) is 6.42 Å². The summed E-state index contributed by atoms with van der Waals surface area (Å²) in [4.78, 5) is 22.3. The molecule has 0 aliphatic carbocycles. The molecular formula is C22H25N3O2S. The number of likely N-dealkylation sites (N-methyl/N-ethyl adjacent to an activating group) is 1. The van der Waals surface area contributed by atoms with Gasteiger partial charge >= 0.3 is 0 Å². The molecule has 1 aliphatic rings. The fraction of sp³-hybridized carbons (Fsp3) is 0.364. The molecule has 3 aromatic rings. The number of carbonyl (C=O) groups is 1. The van der Waals surface area contributed by atoms with E-state index in [-0.39, 0.29) is 11.7 Å². The largest absolute Gasteiger partial charge is 0.508 e. The number of likely N-dealkylation sites (tertiary alicyclic amines) is 1. The van der Waals surface area contributed by atoms with Gasteiger partial charge in [-0.3, -0.25) is 9.69 Å². The maximum Gasteiger partial charge on any atom is 0.274 e. The van der Waals surface area contributed by atoms with Crippen LogP contribution < -0.4 is 0 Å². The van der Waals surface area contributed by atoms with Gasteiger partial charge in [0, 0.05) is 25.3 Å². The first-order valence-corrected chi connectivity index (χ1v) is 10.7. The highest BCUT2D eigenvalue weighted by Crippen LogP contribution is 2.26. The molecular weight excluding hydrogens is 370 g/mol. The Morgan fingerprint density at radius 2 is 2.11 bits per heavy atom. The summed E-state index contributed by atoms with van der Waals surface area (Å²) in [6.45, 7) is 5.48. The van der Waals surface area contributed by atoms with E-state index >= 15 is 0 Å². The summed E-state index contributed by atoms with van der Waals surface area (Å²) in [6, 6.07) is 11.5. The van der Waals surface area contributed by atoms with Crippen LogP contribution in [0.25, 0.3) is 10.1 Å². The molecule has 0 radical (unpaired) electrons. The zero-order valence-corrected chi connectivity index (χ0v) is 16.9. The Balaban J connectivity index is 1.64. The van der Waals surface area contributed by atoms with E-state index in [9.17, 15) is 9.90 Å². The molecule has 0 bridgehead atoms. The molecule has 2 aromatic heterocycles. The van der Waals surface area contributed by atoms with Gasteiger partial charge in [0.05, 0.1) is 4.70 Å². The molecule has 146 valence electrons. The van der Waals surface area contributed by atoms with E-state index in [1.807, 2.05) is 34.5 Å². The third-order valence-electron chi connectivity index (χ3n) is 5.50. The number of phenolic OH excluding ortho intramolecular Hbond substituents is 1. The Morgan fingerprint density at radius 3 is 2.89 bits per heavy atom. The molecule has 1 saturated heterocycles. The third kappa shape index (κ3) is 3.88. The predicted octanol–water partition coefficient (Wildman–Crippen LogP) is 4.13. The van der Waals surface area contributed by atoms with Gasteiger partial charge in [-0.2, -0.15) is 0 Å². The number of nitrogens with zero attached hydrogens (tertiary/aromatic N) is 3. The number of amides is 1. The van der Waals surface area contributed by atoms with Crippen LogP contribution in [0.1, 0.15) is 35.8 Å². The second-order valence-corrected chi connectivity index (χ2v) is 8.19. The highest BCUT2D eigenvalue weighted by molar-refractivity contribution is 7.17. The van der Waals surface area contributed by atoms with Crippen LogP contribution in [0.2, 0.25) is 0 Å². The van der Waals surface area contributed by atoms with Crippen molar-refractivity contribution in [1.82, 2.24) is 14.8 Å². The highest BCUT2D eigenvalue weighted by atomic mass is 32.1. The molecule has 0 saturated carbocycles. The first-order chi connectivity index (χ1) is 13.7. The number of hydrogen-bond acceptors (Lipinski definition) is 5. The summed E-state index contributed by atoms with van der Waals surface area (Å²) in [5.74, 6) is 0.212. The maximum absolute atomic E-state index is 13.5. The number of hydrogen-bond donors (Lipinski definition) is 1. The molecule has 3 heterocycles. The molecule has 1 N–H and O–H groups in total. The average molecular weight is 396 g/mol. The second kappa shape index (κ2) is 8.29. The molecule has 1 amide bonds. The van der Waals surface area contributed by atoms with Crippen molar-refractivity contribution in [3.05, 3.63) is 59.2 Å². The van der Waals surface area contributed by atoms with E-state index in [4.69, 9.17) is 0 Å². The lowest BCUT2D eigenvalue weighted by Gasteiger charge is -2.30. The van der Waals surface area contributed by atoms with Crippen LogP contribution in [-0.4, -0.2) is 51.5 Å². The van der Waals surface area contributed by atoms with Crippen LogP contribution >= 0.6 is 11.3 Å². The number of fused-ring (bicyclic) bond motifs is 1. The van der Waals surface area contributed by atoms with Gasteiger partial charge < -0.3 is 10.0 Å². The molecule has 1 unspecified atom stereocenters. The fourth-order valence-corrected chi connectivity index (χ4v) is 4.88. The summed E-state index contributed by atoms with van der Waals surface area (Å²) in [5.41, 5.74) is 1.54. The molecule has 1 aliphatic heterocycles. The van der Waals surface area contributed by atoms with Crippen molar-refractivity contribution < 1.29 is 9.90 Å². The van der Waals surface area contributed by atoms with Gasteiger partial charge in [0.25, 0.3) is 5.91 Å². The zero-order chi connectivity index (χ0) is 19.5. The summed E-state index contributed by atoms with van der Waals surface area (Å²) in [7, 11) is 0. The van der Waals surface area contributed by atoms with E-state index < -0.39 is 0 Å². The van der Waals surface area contributed by atoms with Gasteiger partial charge in [-0.05, 0) is 66.5 Å². The standard InChI is InChI=1S/C22H25N3O2S/c1-2-24-12-3-4-18(24)15-25(14-16-5-7-19(26)8-6-16)22(27)20-21-17(9-11-23-20)10-13-28-21/h5-11,13,18,26H,2-4,12,14-15H2,1H3. The minimum atomic E-state index is -0.0240. The Bertz CT molecular complexity index is 954. The molecule has 1 aromatic carbocycles. The number of rotatable bonds is 6. The third-order valence-corrected chi connectivity index (χ3v) is 6.44. The van der Waals surface area contributed by atoms with Gasteiger partial charge in [0.2, 0.25) is 0 Å². The molecule has 28 heavy (non-hydrogen) atoms. The van der Waals surface area contributed by atoms with Crippen molar-refractivity contribution >= 4 is 27.3 Å². The molecule has 4 rings (SSSR count). The Kier molecular flexibility index (Phi) is 5.59. The molecule has 0 spiro atoms. The van der Waals surface area contributed by atoms with Crippen molar-refractivity contribution in [2.24, 2.45) is 0 Å². The number of carbonyl (C=O) groups excluding carboxylic acids is 1. The van der Waals surface area contributed by atoms with Crippen molar-refractivity contribution in [2.45, 2.75) is 32.4 Å². The SMILES string of the molecule is CCN1CCCC1CN(Cc1ccc(O)cc1)C(=O)c1nccc2ccsc12. The normalized spacial score (nSPS) is 17.2. The number of benzene rings is 1. The van der Waals surface area contributed by atoms with E-state index in [1.54, 1.807) is 29.7 Å². The summed E-state index contributed by atoms with van der Waals surface area (Å²) < 4.78 is 0.946. The first-order valence-electron chi connectivity index (χ1n) is 9.79. The summed E-state index contributed by atoms with van der Waals surface area (Å²) >= 11 is 1.56. The zero-order valence-electron chi connectivity index (χ0n) is 16.0. The van der Waals surface area contributed by atoms with Gasteiger partial charge in [-0.15, -0.1) is 11.3 Å². The van der Waals surface area contributed by atoms with Crippen molar-refractivity contribution in [3.8, 4) is 5.75 Å². The van der Waals surface area contributed by atoms with Gasteiger partial charge in [0.15, 0.2) is 0 Å². The van der Waals surface area contributed by atoms with Crippen molar-refractivity contribution in [2.75, 3.05) is 19.6 Å². The number of thiophene rings is 1. The topological polar surface area (TPSA) is 56.7 Å². The maximum atomic E-state index is 13.5. The smallest absolute Gasteiger partial charge is 0.274 e. The van der Waals surface area contributed by atoms with Crippen LogP contribution in [0.15, 0.2) is 48.0 Å². The van der Waals surface area contributed by atoms with E-state index in [0.29, 0.717) is 24.8 Å². The number of pyridine rings is 1. The Labute approximate surface area is 169 Å². The van der Waals surface area contributed by atoms with E-state index in [2.05, 4.69) is 16.8 Å². The quantitative estimate of drug-likeness (QED) is 0.682. The van der Waals surface area contributed by atoms with Crippen molar-refractivity contribution in [1.29, 1.82) is 0 Å². The summed E-state index contributed by atoms with van der Waals surface area (Å²) in [5, 5.41) is 12.6. The fourth-order valence-electron chi connectivity index (χ4n) is 4.01. The lowest BCUT2D eigenvalue weighted by molar-refractivity contribution is 0.0688. The number of aromatic hydroxyl groups is 1. The van der Waals surface area contributed by atoms with Gasteiger partial charge in [-0.25, -0.2) is 4.98 Å². The lowest BCUT2D eigenvalue weighted by atomic mass is 10.1. The molecule has 1 atom stereocenters. The average Bonchev–Trinajstić information content (AvgIpc) is 3.37. The first kappa shape index (κ1) is 18.9. The predicted molar refractivity (Wildman–Crippen MR) is 113 cm³/mol. The Morgan fingerprint density at radius 1 is 1.29 bits per heavy atom. The van der Waals surface area contributed by atoms with Gasteiger partial charge in [0.1, 0.15) is 11.4 Å². The van der Waals surface area contributed by atoms with Crippen LogP contribution in [-0.2, 0) is 6.54 Å². The Hall–Kier alpha value is -2.44. The molecule has 5 nitrogen and oxygen atoms in total. The van der Waals surface area contributed by atoms with Gasteiger partial charge in [-0.1, -0.05) is 19.1 Å². The van der Waals surface area contributed by atoms with Crippen LogP contribution in [0.3, 0.4) is 0 Å². The second-order valence-electron chi connectivity index (χ2n) is 7.28. The van der Waals surface area contributed by atoms with E-state index in [0.717, 1.165) is 35.2 Å². The minimum absolute atomic E-state index is 0.0240. The summed E-state index contributed by atoms with van der Waals surface area (Å²) in [6.07, 6.45) is 4.01. The molecule has 6 heteroatoms. The monoisotopic (exact) mass is 395 g/mol. The van der Waals surface area contributed by atoms with Crippen LogP contribution in [0, 0.1) is 0 Å².